The van der Waals surface area contributed by atoms with Gasteiger partial charge in [0.1, 0.15) is 6.04 Å². The highest BCUT2D eigenvalue weighted by Gasteiger charge is 2.53. The number of fused-ring (bicyclic) bond motifs is 1. The first-order chi connectivity index (χ1) is 12.2. The van der Waals surface area contributed by atoms with E-state index in [1.54, 1.807) is 41.9 Å². The van der Waals surface area contributed by atoms with E-state index in [2.05, 4.69) is 5.32 Å². The van der Waals surface area contributed by atoms with Crippen LogP contribution in [-0.4, -0.2) is 57.8 Å². The Labute approximate surface area is 166 Å². The number of thioether (sulfide) groups is 1. The first kappa shape index (κ1) is 19.3. The van der Waals surface area contributed by atoms with Crippen LogP contribution >= 0.6 is 35.0 Å². The maximum absolute atomic E-state index is 12.8. The number of carbonyl (C=O) groups is 3. The Bertz CT molecular complexity index is 776. The van der Waals surface area contributed by atoms with Gasteiger partial charge in [-0.3, -0.25) is 14.4 Å². The minimum atomic E-state index is -0.511. The Kier molecular flexibility index (Phi) is 5.42. The third-order valence-corrected chi connectivity index (χ3v) is 6.93. The van der Waals surface area contributed by atoms with E-state index in [1.165, 1.54) is 4.90 Å². The molecule has 0 radical (unpaired) electrons. The molecule has 0 aromatic heterocycles. The van der Waals surface area contributed by atoms with Gasteiger partial charge in [0.2, 0.25) is 17.7 Å². The number of hydrogen-bond acceptors (Lipinski definition) is 4. The summed E-state index contributed by atoms with van der Waals surface area (Å²) in [6, 6.07) is 4.26. The second-order valence-electron chi connectivity index (χ2n) is 6.64. The number of likely N-dealkylation sites (N-methyl/N-ethyl adjacent to an activating group) is 1. The lowest BCUT2D eigenvalue weighted by Gasteiger charge is -2.31. The number of nitrogens with one attached hydrogen (secondary N) is 1. The molecule has 1 aromatic rings. The SMILES string of the molecule is CN(CC(=O)Nc1ccc(Cl)c(Cl)c1)C(=O)[C@H]1CS[C@]2(C)CCC(=O)N12. The summed E-state index contributed by atoms with van der Waals surface area (Å²) in [5.41, 5.74) is 0.504. The summed E-state index contributed by atoms with van der Waals surface area (Å²) in [7, 11) is 1.57. The Morgan fingerprint density at radius 2 is 2.12 bits per heavy atom. The molecule has 2 atom stereocenters. The van der Waals surface area contributed by atoms with Crippen LogP contribution < -0.4 is 5.32 Å². The summed E-state index contributed by atoms with van der Waals surface area (Å²) < 4.78 is 0. The van der Waals surface area contributed by atoms with E-state index in [-0.39, 0.29) is 29.1 Å². The van der Waals surface area contributed by atoms with E-state index >= 15 is 0 Å². The smallest absolute Gasteiger partial charge is 0.246 e. The molecule has 26 heavy (non-hydrogen) atoms. The van der Waals surface area contributed by atoms with Crippen LogP contribution in [0.15, 0.2) is 18.2 Å². The lowest BCUT2D eigenvalue weighted by molar-refractivity contribution is -0.143. The van der Waals surface area contributed by atoms with Gasteiger partial charge in [0, 0.05) is 24.9 Å². The molecule has 2 heterocycles. The van der Waals surface area contributed by atoms with Crippen molar-refractivity contribution in [3.05, 3.63) is 28.2 Å². The van der Waals surface area contributed by atoms with E-state index in [0.29, 0.717) is 27.9 Å². The molecule has 6 nitrogen and oxygen atoms in total. The van der Waals surface area contributed by atoms with E-state index in [9.17, 15) is 14.4 Å². The Hall–Kier alpha value is -1.44. The first-order valence-corrected chi connectivity index (χ1v) is 9.91. The molecule has 2 aliphatic rings. The van der Waals surface area contributed by atoms with Gasteiger partial charge in [0.15, 0.2) is 0 Å². The summed E-state index contributed by atoms with van der Waals surface area (Å²) in [6.45, 7) is 1.88. The van der Waals surface area contributed by atoms with Gasteiger partial charge in [-0.15, -0.1) is 11.8 Å². The van der Waals surface area contributed by atoms with Crippen LogP contribution in [0.3, 0.4) is 0 Å². The van der Waals surface area contributed by atoms with Gasteiger partial charge in [0.05, 0.1) is 21.5 Å². The second-order valence-corrected chi connectivity index (χ2v) is 8.95. The zero-order valence-electron chi connectivity index (χ0n) is 14.4. The molecule has 0 aliphatic carbocycles. The molecule has 1 N–H and O–H groups in total. The normalized spacial score (nSPS) is 24.5. The van der Waals surface area contributed by atoms with E-state index in [1.807, 2.05) is 6.92 Å². The third-order valence-electron chi connectivity index (χ3n) is 4.69. The molecule has 0 spiro atoms. The van der Waals surface area contributed by atoms with Crippen molar-refractivity contribution >= 4 is 58.4 Å². The van der Waals surface area contributed by atoms with E-state index in [4.69, 9.17) is 23.2 Å². The van der Waals surface area contributed by atoms with Crippen molar-refractivity contribution in [1.82, 2.24) is 9.80 Å². The van der Waals surface area contributed by atoms with Crippen molar-refractivity contribution in [3.63, 3.8) is 0 Å². The topological polar surface area (TPSA) is 69.7 Å². The third kappa shape index (κ3) is 3.66. The fourth-order valence-electron chi connectivity index (χ4n) is 3.33. The number of anilines is 1. The maximum atomic E-state index is 12.8. The minimum Gasteiger partial charge on any atom is -0.335 e. The van der Waals surface area contributed by atoms with Gasteiger partial charge in [-0.25, -0.2) is 0 Å². The molecule has 0 unspecified atom stereocenters. The van der Waals surface area contributed by atoms with Crippen LogP contribution in [0.25, 0.3) is 0 Å². The van der Waals surface area contributed by atoms with Crippen molar-refractivity contribution in [2.24, 2.45) is 0 Å². The fraction of sp³-hybridized carbons (Fsp3) is 0.471. The Morgan fingerprint density at radius 1 is 1.38 bits per heavy atom. The summed E-state index contributed by atoms with van der Waals surface area (Å²) >= 11 is 13.4. The predicted molar refractivity (Wildman–Crippen MR) is 103 cm³/mol. The van der Waals surface area contributed by atoms with Gasteiger partial charge >= 0.3 is 0 Å². The molecule has 0 bridgehead atoms. The van der Waals surface area contributed by atoms with Gasteiger partial charge < -0.3 is 15.1 Å². The second kappa shape index (κ2) is 7.29. The highest BCUT2D eigenvalue weighted by atomic mass is 35.5. The average Bonchev–Trinajstić information content (AvgIpc) is 3.06. The van der Waals surface area contributed by atoms with Crippen LogP contribution in [0.1, 0.15) is 19.8 Å². The number of halogens is 2. The van der Waals surface area contributed by atoms with Crippen molar-refractivity contribution in [1.29, 1.82) is 0 Å². The van der Waals surface area contributed by atoms with Gasteiger partial charge in [0.25, 0.3) is 0 Å². The monoisotopic (exact) mass is 415 g/mol. The lowest BCUT2D eigenvalue weighted by Crippen LogP contribution is -2.51. The zero-order chi connectivity index (χ0) is 19.1. The minimum absolute atomic E-state index is 0.00417. The molecule has 2 saturated heterocycles. The molecule has 0 saturated carbocycles. The highest BCUT2D eigenvalue weighted by Crippen LogP contribution is 2.47. The quantitative estimate of drug-likeness (QED) is 0.820. The Morgan fingerprint density at radius 3 is 2.81 bits per heavy atom. The molecule has 3 rings (SSSR count). The summed E-state index contributed by atoms with van der Waals surface area (Å²) in [5, 5.41) is 3.42. The molecule has 9 heteroatoms. The lowest BCUT2D eigenvalue weighted by atomic mass is 10.2. The number of benzene rings is 1. The predicted octanol–water partition coefficient (Wildman–Crippen LogP) is 2.84. The maximum Gasteiger partial charge on any atom is 0.246 e. The van der Waals surface area contributed by atoms with Crippen LogP contribution in [0.4, 0.5) is 5.69 Å². The number of hydrogen-bond donors (Lipinski definition) is 1. The van der Waals surface area contributed by atoms with Gasteiger partial charge in [-0.2, -0.15) is 0 Å². The first-order valence-electron chi connectivity index (χ1n) is 8.17. The van der Waals surface area contributed by atoms with Crippen molar-refractivity contribution < 1.29 is 14.4 Å². The fourth-order valence-corrected chi connectivity index (χ4v) is 5.05. The van der Waals surface area contributed by atoms with Crippen molar-refractivity contribution in [2.45, 2.75) is 30.7 Å². The van der Waals surface area contributed by atoms with Crippen molar-refractivity contribution in [2.75, 3.05) is 24.7 Å². The highest BCUT2D eigenvalue weighted by molar-refractivity contribution is 8.01. The van der Waals surface area contributed by atoms with Gasteiger partial charge in [-0.05, 0) is 31.5 Å². The van der Waals surface area contributed by atoms with E-state index < -0.39 is 6.04 Å². The molecular weight excluding hydrogens is 397 g/mol. The summed E-state index contributed by atoms with van der Waals surface area (Å²) in [5.74, 6) is -0.00881. The number of carbonyl (C=O) groups excluding carboxylic acids is 3. The molecule has 140 valence electrons. The molecule has 3 amide bonds. The Balaban J connectivity index is 1.61. The van der Waals surface area contributed by atoms with Crippen LogP contribution in [0.5, 0.6) is 0 Å². The van der Waals surface area contributed by atoms with Crippen molar-refractivity contribution in [3.8, 4) is 0 Å². The van der Waals surface area contributed by atoms with E-state index in [0.717, 1.165) is 6.42 Å². The van der Waals surface area contributed by atoms with Crippen LogP contribution in [-0.2, 0) is 14.4 Å². The number of rotatable bonds is 4. The standard InChI is InChI=1S/C17H19Cl2N3O3S/c1-17-6-5-15(24)22(17)13(9-26-17)16(25)21(2)8-14(23)20-10-3-4-11(18)12(19)7-10/h3-4,7,13H,5-6,8-9H2,1-2H3,(H,20,23)/t13-,17-/m1/s1. The zero-order valence-corrected chi connectivity index (χ0v) is 16.7. The molecule has 1 aromatic carbocycles. The van der Waals surface area contributed by atoms with Gasteiger partial charge in [-0.1, -0.05) is 23.2 Å². The largest absolute Gasteiger partial charge is 0.335 e. The van der Waals surface area contributed by atoms with Crippen LogP contribution in [0, 0.1) is 0 Å². The molecule has 2 fully saturated rings. The number of amides is 3. The summed E-state index contributed by atoms with van der Waals surface area (Å²) in [4.78, 5) is 39.9. The number of nitrogens with zero attached hydrogens (tertiary/aromatic N) is 2. The summed E-state index contributed by atoms with van der Waals surface area (Å²) in [6.07, 6.45) is 1.22. The molecule has 2 aliphatic heterocycles. The molecular formula is C17H19Cl2N3O3S. The van der Waals surface area contributed by atoms with Crippen LogP contribution in [0.2, 0.25) is 10.0 Å². The average molecular weight is 416 g/mol.